The van der Waals surface area contributed by atoms with Crippen LogP contribution < -0.4 is 4.90 Å². The summed E-state index contributed by atoms with van der Waals surface area (Å²) in [6.45, 7) is 4.73. The smallest absolute Gasteiger partial charge is 0.414 e. The summed E-state index contributed by atoms with van der Waals surface area (Å²) in [5, 5.41) is 0. The molecule has 0 saturated carbocycles. The molecule has 18 heavy (non-hydrogen) atoms. The van der Waals surface area contributed by atoms with E-state index in [2.05, 4.69) is 6.58 Å². The third-order valence-corrected chi connectivity index (χ3v) is 3.14. The Morgan fingerprint density at radius 3 is 3.00 bits per heavy atom. The van der Waals surface area contributed by atoms with Crippen LogP contribution >= 0.6 is 11.6 Å². The number of carbonyl (C=O) groups excluding carboxylic acids is 1. The summed E-state index contributed by atoms with van der Waals surface area (Å²) < 4.78 is 5.23. The van der Waals surface area contributed by atoms with E-state index in [4.69, 9.17) is 16.3 Å². The van der Waals surface area contributed by atoms with Crippen LogP contribution in [-0.4, -0.2) is 25.1 Å². The van der Waals surface area contributed by atoms with Crippen LogP contribution in [0.25, 0.3) is 0 Å². The molecule has 0 atom stereocenters. The molecule has 0 aliphatic carbocycles. The van der Waals surface area contributed by atoms with E-state index in [-0.39, 0.29) is 12.7 Å². The van der Waals surface area contributed by atoms with Crippen molar-refractivity contribution >= 4 is 23.4 Å². The monoisotopic (exact) mass is 265 g/mol. The molecule has 0 saturated heterocycles. The Hall–Kier alpha value is -1.48. The lowest BCUT2D eigenvalue weighted by Crippen LogP contribution is -2.30. The molecule has 0 N–H and O–H groups in total. The lowest BCUT2D eigenvalue weighted by atomic mass is 10.2. The largest absolute Gasteiger partial charge is 0.445 e. The van der Waals surface area contributed by atoms with Crippen molar-refractivity contribution in [3.05, 3.63) is 42.0 Å². The van der Waals surface area contributed by atoms with Gasteiger partial charge in [0.15, 0.2) is 0 Å². The van der Waals surface area contributed by atoms with E-state index >= 15 is 0 Å². The average Bonchev–Trinajstić information content (AvgIpc) is 2.80. The van der Waals surface area contributed by atoms with E-state index in [0.29, 0.717) is 18.8 Å². The fraction of sp³-hybridized carbons (Fsp3) is 0.357. The molecule has 1 amide bonds. The second-order valence-electron chi connectivity index (χ2n) is 4.27. The van der Waals surface area contributed by atoms with Crippen molar-refractivity contribution in [3.8, 4) is 0 Å². The predicted molar refractivity (Wildman–Crippen MR) is 73.3 cm³/mol. The number of rotatable bonds is 4. The Bertz CT molecular complexity index is 459. The number of amides is 1. The van der Waals surface area contributed by atoms with E-state index < -0.39 is 0 Å². The molecule has 3 nitrogen and oxygen atoms in total. The molecular weight excluding hydrogens is 250 g/mol. The first-order valence-corrected chi connectivity index (χ1v) is 6.50. The zero-order valence-corrected chi connectivity index (χ0v) is 10.9. The molecule has 1 aromatic rings. The van der Waals surface area contributed by atoms with Gasteiger partial charge in [-0.25, -0.2) is 4.79 Å². The van der Waals surface area contributed by atoms with Gasteiger partial charge in [-0.05, 0) is 30.0 Å². The summed E-state index contributed by atoms with van der Waals surface area (Å²) in [5.41, 5.74) is 2.98. The minimum atomic E-state index is -0.310. The van der Waals surface area contributed by atoms with Crippen molar-refractivity contribution in [2.24, 2.45) is 0 Å². The van der Waals surface area contributed by atoms with Crippen molar-refractivity contribution in [3.63, 3.8) is 0 Å². The number of hydrogen-bond acceptors (Lipinski definition) is 2. The molecule has 0 aromatic heterocycles. The molecule has 4 heteroatoms. The Labute approximate surface area is 112 Å². The van der Waals surface area contributed by atoms with Crippen LogP contribution in [0.15, 0.2) is 36.4 Å². The van der Waals surface area contributed by atoms with Gasteiger partial charge in [0.1, 0.15) is 6.61 Å². The highest BCUT2D eigenvalue weighted by atomic mass is 35.5. The van der Waals surface area contributed by atoms with Gasteiger partial charge in [-0.1, -0.05) is 24.8 Å². The third kappa shape index (κ3) is 2.85. The van der Waals surface area contributed by atoms with E-state index in [1.54, 1.807) is 4.90 Å². The Morgan fingerprint density at radius 2 is 2.22 bits per heavy atom. The van der Waals surface area contributed by atoms with Gasteiger partial charge in [-0.3, -0.25) is 4.90 Å². The number of benzene rings is 1. The van der Waals surface area contributed by atoms with Gasteiger partial charge in [0.05, 0.1) is 5.69 Å². The molecule has 2 rings (SSSR count). The quantitative estimate of drug-likeness (QED) is 0.617. The molecular formula is C14H16ClNO2. The van der Waals surface area contributed by atoms with E-state index in [9.17, 15) is 4.79 Å². The summed E-state index contributed by atoms with van der Waals surface area (Å²) >= 11 is 5.59. The molecule has 0 unspecified atom stereocenters. The molecule has 1 aliphatic heterocycles. The van der Waals surface area contributed by atoms with Crippen LogP contribution in [-0.2, 0) is 11.2 Å². The van der Waals surface area contributed by atoms with Crippen LogP contribution in [0.1, 0.15) is 12.0 Å². The highest BCUT2D eigenvalue weighted by molar-refractivity contribution is 6.18. The molecule has 1 aromatic carbocycles. The molecule has 1 heterocycles. The topological polar surface area (TPSA) is 29.5 Å². The van der Waals surface area contributed by atoms with Crippen LogP contribution in [0.4, 0.5) is 10.5 Å². The summed E-state index contributed by atoms with van der Waals surface area (Å²) in [6, 6.07) is 7.89. The number of nitrogens with zero attached hydrogens (tertiary/aromatic N) is 1. The number of fused-ring (bicyclic) bond motifs is 1. The van der Waals surface area contributed by atoms with Gasteiger partial charge in [0.2, 0.25) is 0 Å². The van der Waals surface area contributed by atoms with Gasteiger partial charge in [-0.15, -0.1) is 11.6 Å². The highest BCUT2D eigenvalue weighted by Gasteiger charge is 2.25. The zero-order chi connectivity index (χ0) is 13.0. The van der Waals surface area contributed by atoms with Gasteiger partial charge in [-0.2, -0.15) is 0 Å². The molecule has 0 radical (unpaired) electrons. The summed E-state index contributed by atoms with van der Waals surface area (Å²) in [4.78, 5) is 13.6. The number of carbonyl (C=O) groups is 1. The summed E-state index contributed by atoms with van der Waals surface area (Å²) in [7, 11) is 0. The minimum absolute atomic E-state index is 0.240. The summed E-state index contributed by atoms with van der Waals surface area (Å²) in [6.07, 6.45) is 1.25. The lowest BCUT2D eigenvalue weighted by molar-refractivity contribution is 0.163. The van der Waals surface area contributed by atoms with Gasteiger partial charge < -0.3 is 4.74 Å². The number of alkyl halides is 1. The third-order valence-electron chi connectivity index (χ3n) is 2.96. The van der Waals surface area contributed by atoms with Crippen LogP contribution in [0.3, 0.4) is 0 Å². The first-order chi connectivity index (χ1) is 8.72. The minimum Gasteiger partial charge on any atom is -0.445 e. The molecule has 0 fully saturated rings. The Kier molecular flexibility index (Phi) is 4.26. The second-order valence-corrected chi connectivity index (χ2v) is 4.65. The van der Waals surface area contributed by atoms with Crippen LogP contribution in [0.2, 0.25) is 0 Å². The van der Waals surface area contributed by atoms with E-state index in [1.807, 2.05) is 24.3 Å². The molecule has 0 spiro atoms. The predicted octanol–water partition coefficient (Wildman–Crippen LogP) is 3.37. The SMILES string of the molecule is C=C(CCCl)COC(=O)N1CCc2ccccc21. The first-order valence-electron chi connectivity index (χ1n) is 5.97. The van der Waals surface area contributed by atoms with Crippen molar-refractivity contribution in [1.82, 2.24) is 0 Å². The molecule has 1 aliphatic rings. The number of anilines is 1. The second kappa shape index (κ2) is 5.91. The zero-order valence-electron chi connectivity index (χ0n) is 10.2. The number of halogens is 1. The van der Waals surface area contributed by atoms with Crippen LogP contribution in [0, 0.1) is 0 Å². The van der Waals surface area contributed by atoms with E-state index in [0.717, 1.165) is 17.7 Å². The Balaban J connectivity index is 1.93. The molecule has 0 bridgehead atoms. The Morgan fingerprint density at radius 1 is 1.44 bits per heavy atom. The maximum Gasteiger partial charge on any atom is 0.414 e. The maximum atomic E-state index is 11.9. The van der Waals surface area contributed by atoms with Crippen molar-refractivity contribution < 1.29 is 9.53 Å². The fourth-order valence-electron chi connectivity index (χ4n) is 1.98. The summed E-state index contributed by atoms with van der Waals surface area (Å²) in [5.74, 6) is 0.503. The van der Waals surface area contributed by atoms with Crippen LogP contribution in [0.5, 0.6) is 0 Å². The van der Waals surface area contributed by atoms with Crippen molar-refractivity contribution in [2.45, 2.75) is 12.8 Å². The lowest BCUT2D eigenvalue weighted by Gasteiger charge is -2.17. The number of para-hydroxylation sites is 1. The van der Waals surface area contributed by atoms with E-state index in [1.165, 1.54) is 5.56 Å². The maximum absolute atomic E-state index is 11.9. The highest BCUT2D eigenvalue weighted by Crippen LogP contribution is 2.27. The normalized spacial score (nSPS) is 13.3. The van der Waals surface area contributed by atoms with Gasteiger partial charge in [0, 0.05) is 12.4 Å². The van der Waals surface area contributed by atoms with Crippen molar-refractivity contribution in [1.29, 1.82) is 0 Å². The number of hydrogen-bond donors (Lipinski definition) is 0. The average molecular weight is 266 g/mol. The van der Waals surface area contributed by atoms with Gasteiger partial charge >= 0.3 is 6.09 Å². The standard InChI is InChI=1S/C14H16ClNO2/c1-11(6-8-15)10-18-14(17)16-9-7-12-4-2-3-5-13(12)16/h2-5H,1,6-10H2. The van der Waals surface area contributed by atoms with Gasteiger partial charge in [0.25, 0.3) is 0 Å². The fourth-order valence-corrected chi connectivity index (χ4v) is 2.24. The van der Waals surface area contributed by atoms with Crippen molar-refractivity contribution in [2.75, 3.05) is 23.9 Å². The molecule has 96 valence electrons. The number of ether oxygens (including phenoxy) is 1. The first kappa shape index (κ1) is 13.0.